The molecule has 2 aliphatic heterocycles. The van der Waals surface area contributed by atoms with E-state index in [1.54, 1.807) is 0 Å². The van der Waals surface area contributed by atoms with Gasteiger partial charge in [-0.2, -0.15) is 0 Å². The van der Waals surface area contributed by atoms with E-state index in [4.69, 9.17) is 15.2 Å². The molecule has 1 atom stereocenters. The highest BCUT2D eigenvalue weighted by Gasteiger charge is 2.26. The molecule has 0 radical (unpaired) electrons. The summed E-state index contributed by atoms with van der Waals surface area (Å²) < 4.78 is 11.2. The normalized spacial score (nSPS) is 22.0. The minimum absolute atomic E-state index is 0.0570. The smallest absolute Gasteiger partial charge is 0.119 e. The number of benzene rings is 1. The molecule has 1 aromatic rings. The Morgan fingerprint density at radius 3 is 2.55 bits per heavy atom. The van der Waals surface area contributed by atoms with Gasteiger partial charge < -0.3 is 30.1 Å². The molecule has 0 aromatic heterocycles. The van der Waals surface area contributed by atoms with Gasteiger partial charge in [0.25, 0.3) is 0 Å². The average molecular weight is 406 g/mol. The first-order valence-electron chi connectivity index (χ1n) is 11.1. The summed E-state index contributed by atoms with van der Waals surface area (Å²) in [5.74, 6) is 1.56. The monoisotopic (exact) mass is 405 g/mol. The number of hydrogen-bond donors (Lipinski definition) is 2. The molecular weight excluding hydrogens is 366 g/mol. The number of piperidine rings is 1. The van der Waals surface area contributed by atoms with Crippen molar-refractivity contribution in [2.75, 3.05) is 53.0 Å². The van der Waals surface area contributed by atoms with Crippen molar-refractivity contribution in [1.29, 1.82) is 0 Å². The van der Waals surface area contributed by atoms with Gasteiger partial charge in [-0.3, -0.25) is 0 Å². The molecule has 0 aliphatic carbocycles. The van der Waals surface area contributed by atoms with Crippen LogP contribution in [0.3, 0.4) is 0 Å². The zero-order chi connectivity index (χ0) is 20.7. The number of β-amino-alcohol motifs (C(OH)–C–C–N with tert-alkyl or cyclic N) is 1. The number of rotatable bonds is 9. The highest BCUT2D eigenvalue weighted by Crippen LogP contribution is 2.20. The van der Waals surface area contributed by atoms with Crippen LogP contribution in [0.4, 0.5) is 0 Å². The number of nitrogens with two attached hydrogens (primary N) is 1. The minimum atomic E-state index is -0.484. The van der Waals surface area contributed by atoms with E-state index in [0.717, 1.165) is 63.9 Å². The van der Waals surface area contributed by atoms with Crippen LogP contribution >= 0.6 is 0 Å². The van der Waals surface area contributed by atoms with Crippen LogP contribution in [0, 0.1) is 5.92 Å². The lowest BCUT2D eigenvalue weighted by Gasteiger charge is -2.37. The van der Waals surface area contributed by atoms with Crippen LogP contribution in [0.5, 0.6) is 5.75 Å². The summed E-state index contributed by atoms with van der Waals surface area (Å²) in [4.78, 5) is 4.67. The van der Waals surface area contributed by atoms with Gasteiger partial charge in [-0.1, -0.05) is 12.1 Å². The van der Waals surface area contributed by atoms with Crippen LogP contribution in [0.1, 0.15) is 38.2 Å². The Kier molecular flexibility index (Phi) is 8.33. The first-order valence-corrected chi connectivity index (χ1v) is 11.1. The fourth-order valence-electron chi connectivity index (χ4n) is 4.23. The van der Waals surface area contributed by atoms with E-state index >= 15 is 0 Å². The quantitative estimate of drug-likeness (QED) is 0.656. The SMILES string of the molecule is CN(Cc1ccc(OCC(O)CN2CCC(C)(N)CC2)cc1)CC1CCOCC1. The molecule has 2 aliphatic rings. The van der Waals surface area contributed by atoms with Gasteiger partial charge in [0.15, 0.2) is 0 Å². The average Bonchev–Trinajstić information content (AvgIpc) is 2.70. The van der Waals surface area contributed by atoms with Gasteiger partial charge in [0.05, 0.1) is 0 Å². The Bertz CT molecular complexity index is 592. The summed E-state index contributed by atoms with van der Waals surface area (Å²) in [6.45, 7) is 8.82. The highest BCUT2D eigenvalue weighted by molar-refractivity contribution is 5.27. The number of aliphatic hydroxyl groups excluding tert-OH is 1. The maximum Gasteiger partial charge on any atom is 0.119 e. The Hall–Kier alpha value is -1.18. The summed E-state index contributed by atoms with van der Waals surface area (Å²) in [6, 6.07) is 8.25. The number of ether oxygens (including phenoxy) is 2. The second kappa shape index (κ2) is 10.7. The highest BCUT2D eigenvalue weighted by atomic mass is 16.5. The molecule has 2 heterocycles. The maximum absolute atomic E-state index is 10.3. The van der Waals surface area contributed by atoms with Gasteiger partial charge in [0, 0.05) is 38.4 Å². The predicted molar refractivity (Wildman–Crippen MR) is 116 cm³/mol. The predicted octanol–water partition coefficient (Wildman–Crippen LogP) is 2.10. The van der Waals surface area contributed by atoms with Gasteiger partial charge in [0.1, 0.15) is 18.5 Å². The second-order valence-corrected chi connectivity index (χ2v) is 9.32. The number of nitrogens with zero attached hydrogens (tertiary/aromatic N) is 2. The van der Waals surface area contributed by atoms with Crippen LogP contribution in [0.25, 0.3) is 0 Å². The summed E-state index contributed by atoms with van der Waals surface area (Å²) >= 11 is 0. The molecule has 0 saturated carbocycles. The maximum atomic E-state index is 10.3. The van der Waals surface area contributed by atoms with Crippen molar-refractivity contribution in [2.24, 2.45) is 11.7 Å². The van der Waals surface area contributed by atoms with E-state index in [1.165, 1.54) is 18.4 Å². The molecule has 3 rings (SSSR count). The third kappa shape index (κ3) is 7.87. The molecule has 2 fully saturated rings. The Balaban J connectivity index is 1.35. The van der Waals surface area contributed by atoms with E-state index in [0.29, 0.717) is 13.2 Å². The van der Waals surface area contributed by atoms with Crippen LogP contribution in [0.2, 0.25) is 0 Å². The van der Waals surface area contributed by atoms with Crippen molar-refractivity contribution in [3.63, 3.8) is 0 Å². The van der Waals surface area contributed by atoms with Crippen molar-refractivity contribution >= 4 is 0 Å². The molecule has 1 unspecified atom stereocenters. The molecule has 29 heavy (non-hydrogen) atoms. The van der Waals surface area contributed by atoms with E-state index in [2.05, 4.69) is 35.9 Å². The zero-order valence-corrected chi connectivity index (χ0v) is 18.2. The summed E-state index contributed by atoms with van der Waals surface area (Å²) in [6.07, 6.45) is 3.81. The number of likely N-dealkylation sites (tertiary alicyclic amines) is 1. The van der Waals surface area contributed by atoms with Gasteiger partial charge in [-0.15, -0.1) is 0 Å². The molecule has 6 nitrogen and oxygen atoms in total. The molecule has 6 heteroatoms. The molecular formula is C23H39N3O3. The number of aliphatic hydroxyl groups is 1. The van der Waals surface area contributed by atoms with Crippen LogP contribution < -0.4 is 10.5 Å². The minimum Gasteiger partial charge on any atom is -0.491 e. The lowest BCUT2D eigenvalue weighted by Crippen LogP contribution is -2.50. The topological polar surface area (TPSA) is 71.2 Å². The van der Waals surface area contributed by atoms with Gasteiger partial charge in [0.2, 0.25) is 0 Å². The zero-order valence-electron chi connectivity index (χ0n) is 18.2. The van der Waals surface area contributed by atoms with E-state index in [-0.39, 0.29) is 5.54 Å². The first-order chi connectivity index (χ1) is 13.9. The van der Waals surface area contributed by atoms with Crippen molar-refractivity contribution in [3.8, 4) is 5.75 Å². The third-order valence-corrected chi connectivity index (χ3v) is 6.20. The van der Waals surface area contributed by atoms with Gasteiger partial charge >= 0.3 is 0 Å². The van der Waals surface area contributed by atoms with Crippen molar-refractivity contribution in [1.82, 2.24) is 9.80 Å². The fourth-order valence-corrected chi connectivity index (χ4v) is 4.23. The van der Waals surface area contributed by atoms with Crippen LogP contribution in [0.15, 0.2) is 24.3 Å². The molecule has 2 saturated heterocycles. The van der Waals surface area contributed by atoms with E-state index in [1.807, 2.05) is 12.1 Å². The molecule has 0 spiro atoms. The molecule has 1 aromatic carbocycles. The molecule has 0 bridgehead atoms. The largest absolute Gasteiger partial charge is 0.491 e. The van der Waals surface area contributed by atoms with Crippen LogP contribution in [-0.4, -0.2) is 79.6 Å². The van der Waals surface area contributed by atoms with Crippen molar-refractivity contribution in [3.05, 3.63) is 29.8 Å². The molecule has 164 valence electrons. The summed E-state index contributed by atoms with van der Waals surface area (Å²) in [5, 5.41) is 10.3. The Labute approximate surface area is 176 Å². The summed E-state index contributed by atoms with van der Waals surface area (Å²) in [7, 11) is 2.18. The van der Waals surface area contributed by atoms with Crippen molar-refractivity contribution < 1.29 is 14.6 Å². The van der Waals surface area contributed by atoms with E-state index in [9.17, 15) is 5.11 Å². The lowest BCUT2D eigenvalue weighted by molar-refractivity contribution is 0.0531. The van der Waals surface area contributed by atoms with E-state index < -0.39 is 6.10 Å². The van der Waals surface area contributed by atoms with Gasteiger partial charge in [-0.25, -0.2) is 0 Å². The Morgan fingerprint density at radius 1 is 1.24 bits per heavy atom. The second-order valence-electron chi connectivity index (χ2n) is 9.32. The van der Waals surface area contributed by atoms with Crippen molar-refractivity contribution in [2.45, 2.75) is 50.8 Å². The standard InChI is InChI=1S/C23H39N3O3/c1-23(24)9-11-26(12-10-23)17-21(27)18-29-22-5-3-19(4-6-22)15-25(2)16-20-7-13-28-14-8-20/h3-6,20-21,27H,7-18,24H2,1-2H3. The lowest BCUT2D eigenvalue weighted by atomic mass is 9.91. The fraction of sp³-hybridized carbons (Fsp3) is 0.739. The summed E-state index contributed by atoms with van der Waals surface area (Å²) in [5.41, 5.74) is 7.40. The molecule has 0 amide bonds. The number of hydrogen-bond acceptors (Lipinski definition) is 6. The third-order valence-electron chi connectivity index (χ3n) is 6.20. The Morgan fingerprint density at radius 2 is 1.90 bits per heavy atom. The van der Waals surface area contributed by atoms with Crippen LogP contribution in [-0.2, 0) is 11.3 Å². The first kappa shape index (κ1) is 22.5. The van der Waals surface area contributed by atoms with Gasteiger partial charge in [-0.05, 0) is 76.4 Å². The molecule has 3 N–H and O–H groups in total.